The number of hydrogen-bond donors (Lipinski definition) is 1. The van der Waals surface area contributed by atoms with Crippen molar-refractivity contribution in [2.45, 2.75) is 17.5 Å². The number of ether oxygens (including phenoxy) is 2. The fourth-order valence-corrected chi connectivity index (χ4v) is 3.98. The van der Waals surface area contributed by atoms with Crippen LogP contribution >= 0.6 is 11.8 Å². The van der Waals surface area contributed by atoms with Gasteiger partial charge in [-0.3, -0.25) is 9.36 Å². The third kappa shape index (κ3) is 3.66. The molecule has 4 rings (SSSR count). The summed E-state index contributed by atoms with van der Waals surface area (Å²) in [5.74, 6) is 0.600. The van der Waals surface area contributed by atoms with E-state index in [1.165, 1.54) is 18.9 Å². The van der Waals surface area contributed by atoms with Gasteiger partial charge in [0.05, 0.1) is 26.0 Å². The summed E-state index contributed by atoms with van der Waals surface area (Å²) in [4.78, 5) is 32.6. The number of aromatic nitrogens is 3. The molecule has 0 spiro atoms. The van der Waals surface area contributed by atoms with E-state index in [2.05, 4.69) is 9.72 Å². The topological polar surface area (TPSA) is 99.3 Å². The van der Waals surface area contributed by atoms with Gasteiger partial charge in [0.2, 0.25) is 5.76 Å². The van der Waals surface area contributed by atoms with Crippen molar-refractivity contribution in [2.75, 3.05) is 20.8 Å². The van der Waals surface area contributed by atoms with E-state index in [9.17, 15) is 9.59 Å². The molecular formula is C20H19N3O5S. The van der Waals surface area contributed by atoms with Crippen LogP contribution in [-0.2, 0) is 21.8 Å². The maximum Gasteiger partial charge on any atom is 0.373 e. The lowest BCUT2D eigenvalue weighted by atomic mass is 10.2. The number of para-hydroxylation sites is 1. The van der Waals surface area contributed by atoms with Crippen molar-refractivity contribution in [3.63, 3.8) is 0 Å². The van der Waals surface area contributed by atoms with Gasteiger partial charge in [0.25, 0.3) is 5.56 Å². The molecule has 0 radical (unpaired) electrons. The number of carbonyl (C=O) groups excluding carboxylic acids is 1. The summed E-state index contributed by atoms with van der Waals surface area (Å²) >= 11 is 1.36. The Kier molecular flexibility index (Phi) is 5.41. The van der Waals surface area contributed by atoms with Gasteiger partial charge in [-0.25, -0.2) is 9.78 Å². The quantitative estimate of drug-likeness (QED) is 0.282. The van der Waals surface area contributed by atoms with Crippen LogP contribution in [0.1, 0.15) is 16.3 Å². The van der Waals surface area contributed by atoms with E-state index in [-0.39, 0.29) is 11.3 Å². The fourth-order valence-electron chi connectivity index (χ4n) is 3.07. The molecular weight excluding hydrogens is 394 g/mol. The van der Waals surface area contributed by atoms with E-state index in [0.717, 1.165) is 10.9 Å². The van der Waals surface area contributed by atoms with E-state index in [1.54, 1.807) is 23.8 Å². The second-order valence-corrected chi connectivity index (χ2v) is 7.23. The van der Waals surface area contributed by atoms with Crippen molar-refractivity contribution in [3.05, 3.63) is 58.3 Å². The third-order valence-corrected chi connectivity index (χ3v) is 5.49. The maximum absolute atomic E-state index is 13.1. The van der Waals surface area contributed by atoms with Crippen LogP contribution in [0, 0.1) is 0 Å². The highest BCUT2D eigenvalue weighted by Crippen LogP contribution is 2.27. The number of thioether (sulfide) groups is 1. The molecule has 1 aromatic carbocycles. The van der Waals surface area contributed by atoms with Crippen LogP contribution in [0.25, 0.3) is 21.9 Å². The Hall–Kier alpha value is -3.04. The second kappa shape index (κ2) is 8.14. The lowest BCUT2D eigenvalue weighted by Gasteiger charge is -2.11. The Bertz CT molecular complexity index is 1240. The Balaban J connectivity index is 1.73. The largest absolute Gasteiger partial charge is 0.463 e. The molecule has 0 fully saturated rings. The molecule has 29 heavy (non-hydrogen) atoms. The van der Waals surface area contributed by atoms with Crippen LogP contribution in [0.15, 0.2) is 50.8 Å². The van der Waals surface area contributed by atoms with Crippen LogP contribution in [0.5, 0.6) is 0 Å². The first-order chi connectivity index (χ1) is 14.1. The molecule has 1 N–H and O–H groups in total. The summed E-state index contributed by atoms with van der Waals surface area (Å²) < 4.78 is 16.9. The summed E-state index contributed by atoms with van der Waals surface area (Å²) in [6, 6.07) is 10.9. The zero-order valence-corrected chi connectivity index (χ0v) is 16.7. The van der Waals surface area contributed by atoms with E-state index in [1.807, 2.05) is 24.3 Å². The smallest absolute Gasteiger partial charge is 0.373 e. The third-order valence-electron chi connectivity index (χ3n) is 4.49. The molecule has 0 aliphatic heterocycles. The van der Waals surface area contributed by atoms with Gasteiger partial charge in [0.15, 0.2) is 5.16 Å². The van der Waals surface area contributed by atoms with Gasteiger partial charge in [0, 0.05) is 18.0 Å². The van der Waals surface area contributed by atoms with Crippen molar-refractivity contribution < 1.29 is 18.7 Å². The standard InChI is InChI=1S/C20H19N3O5S/c1-26-10-9-23-18(24)17-16(13-5-3-4-6-14(13)21-17)22-20(23)29-11-12-7-8-15(28-12)19(25)27-2/h3-8,21H,9-11H2,1-2H3. The van der Waals surface area contributed by atoms with Crippen molar-refractivity contribution in [1.29, 1.82) is 0 Å². The molecule has 3 heterocycles. The molecule has 0 amide bonds. The SMILES string of the molecule is COCCn1c(SCc2ccc(C(=O)OC)o2)nc2c([nH]c3ccccc32)c1=O. The van der Waals surface area contributed by atoms with Crippen molar-refractivity contribution >= 4 is 39.7 Å². The van der Waals surface area contributed by atoms with Gasteiger partial charge in [-0.1, -0.05) is 30.0 Å². The lowest BCUT2D eigenvalue weighted by molar-refractivity contribution is 0.0563. The first-order valence-electron chi connectivity index (χ1n) is 8.92. The monoisotopic (exact) mass is 413 g/mol. The number of aromatic amines is 1. The molecule has 3 aromatic heterocycles. The van der Waals surface area contributed by atoms with Crippen LogP contribution in [0.4, 0.5) is 0 Å². The van der Waals surface area contributed by atoms with E-state index in [0.29, 0.717) is 40.9 Å². The average molecular weight is 413 g/mol. The van der Waals surface area contributed by atoms with Crippen LogP contribution in [0.3, 0.4) is 0 Å². The molecule has 0 saturated carbocycles. The Labute approximate surface area is 169 Å². The lowest BCUT2D eigenvalue weighted by Crippen LogP contribution is -2.25. The highest BCUT2D eigenvalue weighted by Gasteiger charge is 2.17. The van der Waals surface area contributed by atoms with Crippen molar-refractivity contribution in [1.82, 2.24) is 14.5 Å². The Morgan fingerprint density at radius 2 is 2.07 bits per heavy atom. The minimum atomic E-state index is -0.531. The molecule has 8 nitrogen and oxygen atoms in total. The number of rotatable bonds is 7. The number of carbonyl (C=O) groups is 1. The maximum atomic E-state index is 13.1. The highest BCUT2D eigenvalue weighted by atomic mass is 32.2. The molecule has 0 aliphatic rings. The van der Waals surface area contributed by atoms with Crippen molar-refractivity contribution in [3.8, 4) is 0 Å². The normalized spacial score (nSPS) is 11.4. The van der Waals surface area contributed by atoms with E-state index < -0.39 is 5.97 Å². The molecule has 0 unspecified atom stereocenters. The predicted molar refractivity (Wildman–Crippen MR) is 109 cm³/mol. The number of nitrogens with one attached hydrogen (secondary N) is 1. The van der Waals surface area contributed by atoms with Crippen molar-refractivity contribution in [2.24, 2.45) is 0 Å². The number of methoxy groups -OCH3 is 2. The van der Waals surface area contributed by atoms with Gasteiger partial charge in [-0.05, 0) is 18.2 Å². The van der Waals surface area contributed by atoms with Crippen LogP contribution < -0.4 is 5.56 Å². The summed E-state index contributed by atoms with van der Waals surface area (Å²) in [5.41, 5.74) is 1.82. The minimum absolute atomic E-state index is 0.139. The molecule has 0 atom stereocenters. The first-order valence-corrected chi connectivity index (χ1v) is 9.91. The number of hydrogen-bond acceptors (Lipinski definition) is 7. The predicted octanol–water partition coefficient (Wildman–Crippen LogP) is 3.20. The zero-order chi connectivity index (χ0) is 20.4. The van der Waals surface area contributed by atoms with Gasteiger partial charge < -0.3 is 18.9 Å². The molecule has 9 heteroatoms. The van der Waals surface area contributed by atoms with Gasteiger partial charge >= 0.3 is 5.97 Å². The summed E-state index contributed by atoms with van der Waals surface area (Å²) in [6.45, 7) is 0.760. The molecule has 4 aromatic rings. The zero-order valence-electron chi connectivity index (χ0n) is 15.9. The number of fused-ring (bicyclic) bond motifs is 3. The van der Waals surface area contributed by atoms with Gasteiger partial charge in [0.1, 0.15) is 16.8 Å². The first kappa shape index (κ1) is 19.3. The highest BCUT2D eigenvalue weighted by molar-refractivity contribution is 7.98. The number of H-pyrrole nitrogens is 1. The average Bonchev–Trinajstić information content (AvgIpc) is 3.36. The second-order valence-electron chi connectivity index (χ2n) is 6.28. The van der Waals surface area contributed by atoms with Gasteiger partial charge in [-0.15, -0.1) is 0 Å². The Morgan fingerprint density at radius 1 is 1.24 bits per heavy atom. The Morgan fingerprint density at radius 3 is 2.86 bits per heavy atom. The summed E-state index contributed by atoms with van der Waals surface area (Å²) in [5, 5.41) is 1.45. The number of esters is 1. The van der Waals surface area contributed by atoms with Gasteiger partial charge in [-0.2, -0.15) is 0 Å². The number of furan rings is 1. The molecule has 150 valence electrons. The van der Waals surface area contributed by atoms with Crippen LogP contribution in [0.2, 0.25) is 0 Å². The van der Waals surface area contributed by atoms with E-state index in [4.69, 9.17) is 14.1 Å². The minimum Gasteiger partial charge on any atom is -0.463 e. The fraction of sp³-hybridized carbons (Fsp3) is 0.250. The summed E-state index contributed by atoms with van der Waals surface area (Å²) in [7, 11) is 2.89. The number of benzene rings is 1. The molecule has 0 bridgehead atoms. The van der Waals surface area contributed by atoms with E-state index >= 15 is 0 Å². The molecule has 0 saturated heterocycles. The summed E-state index contributed by atoms with van der Waals surface area (Å²) in [6.07, 6.45) is 0. The number of nitrogens with zero attached hydrogens (tertiary/aromatic N) is 2. The molecule has 0 aliphatic carbocycles. The van der Waals surface area contributed by atoms with Crippen LogP contribution in [-0.4, -0.2) is 41.3 Å².